The molecule has 6 heteroatoms. The zero-order valence-corrected chi connectivity index (χ0v) is 13.7. The van der Waals surface area contributed by atoms with E-state index in [4.69, 9.17) is 4.74 Å². The Morgan fingerprint density at radius 3 is 2.67 bits per heavy atom. The van der Waals surface area contributed by atoms with Crippen LogP contribution in [-0.2, 0) is 6.54 Å². The summed E-state index contributed by atoms with van der Waals surface area (Å²) >= 11 is 0. The lowest BCUT2D eigenvalue weighted by atomic mass is 10.2. The Labute approximate surface area is 131 Å². The highest BCUT2D eigenvalue weighted by Crippen LogP contribution is 2.18. The number of hydrogen-bond acceptors (Lipinski definition) is 4. The Hall–Kier alpha value is -1.59. The first kappa shape index (κ1) is 17.5. The smallest absolute Gasteiger partial charge is 0.272 e. The Kier molecular flexibility index (Phi) is 6.18. The second kappa shape index (κ2) is 7.43. The van der Waals surface area contributed by atoms with Gasteiger partial charge in [0.1, 0.15) is 11.4 Å². The Balaban J connectivity index is 0.00000220. The molecule has 0 aliphatic carbocycles. The summed E-state index contributed by atoms with van der Waals surface area (Å²) in [5, 5.41) is 0. The molecular weight excluding hydrogens is 290 g/mol. The normalized spacial score (nSPS) is 10.7. The van der Waals surface area contributed by atoms with Gasteiger partial charge < -0.3 is 14.2 Å². The van der Waals surface area contributed by atoms with Crippen molar-refractivity contribution in [2.75, 3.05) is 27.7 Å². The van der Waals surface area contributed by atoms with Crippen LogP contribution in [0.1, 0.15) is 12.1 Å². The first-order valence-corrected chi connectivity index (χ1v) is 6.73. The summed E-state index contributed by atoms with van der Waals surface area (Å²) in [6.07, 6.45) is 0.928. The summed E-state index contributed by atoms with van der Waals surface area (Å²) in [6, 6.07) is 5.63. The van der Waals surface area contributed by atoms with Gasteiger partial charge in [0.05, 0.1) is 18.1 Å². The number of fused-ring (bicyclic) bond motifs is 1. The van der Waals surface area contributed by atoms with Gasteiger partial charge in [0.15, 0.2) is 0 Å². The lowest BCUT2D eigenvalue weighted by molar-refractivity contribution is 0.386. The third-order valence-corrected chi connectivity index (χ3v) is 3.30. The second-order valence-corrected chi connectivity index (χ2v) is 5.17. The number of ether oxygens (including phenoxy) is 1. The fourth-order valence-electron chi connectivity index (χ4n) is 2.25. The minimum Gasteiger partial charge on any atom is -0.497 e. The van der Waals surface area contributed by atoms with E-state index in [-0.39, 0.29) is 18.0 Å². The van der Waals surface area contributed by atoms with E-state index in [1.807, 2.05) is 32.3 Å². The lowest BCUT2D eigenvalue weighted by Crippen LogP contribution is -2.26. The zero-order chi connectivity index (χ0) is 14.7. The van der Waals surface area contributed by atoms with Crippen molar-refractivity contribution < 1.29 is 4.74 Å². The van der Waals surface area contributed by atoms with Crippen molar-refractivity contribution in [2.24, 2.45) is 0 Å². The van der Waals surface area contributed by atoms with Crippen molar-refractivity contribution in [3.05, 3.63) is 34.2 Å². The zero-order valence-electron chi connectivity index (χ0n) is 12.9. The van der Waals surface area contributed by atoms with Gasteiger partial charge in [-0.3, -0.25) is 4.79 Å². The molecular formula is C15H22ClN3O2. The first-order valence-electron chi connectivity index (χ1n) is 6.73. The maximum Gasteiger partial charge on any atom is 0.272 e. The molecule has 0 spiro atoms. The first-order chi connectivity index (χ1) is 9.52. The molecule has 0 atom stereocenters. The Morgan fingerprint density at radius 2 is 2.05 bits per heavy atom. The van der Waals surface area contributed by atoms with Crippen LogP contribution in [0, 0.1) is 6.92 Å². The number of benzene rings is 1. The van der Waals surface area contributed by atoms with E-state index in [2.05, 4.69) is 9.88 Å². The Bertz CT molecular complexity index is 668. The minimum absolute atomic E-state index is 0. The SMILES string of the molecule is COc1ccc2c(c1)nc(C)c(=O)n2CCCN(C)C.Cl. The van der Waals surface area contributed by atoms with Gasteiger partial charge in [0, 0.05) is 12.6 Å². The minimum atomic E-state index is -0.0126. The van der Waals surface area contributed by atoms with Crippen LogP contribution >= 0.6 is 12.4 Å². The van der Waals surface area contributed by atoms with Crippen molar-refractivity contribution >= 4 is 23.4 Å². The molecule has 5 nitrogen and oxygen atoms in total. The molecule has 0 aliphatic heterocycles. The van der Waals surface area contributed by atoms with E-state index in [9.17, 15) is 4.79 Å². The van der Waals surface area contributed by atoms with E-state index in [1.165, 1.54) is 0 Å². The van der Waals surface area contributed by atoms with Crippen molar-refractivity contribution in [1.82, 2.24) is 14.5 Å². The highest BCUT2D eigenvalue weighted by molar-refractivity contribution is 5.85. The number of nitrogens with zero attached hydrogens (tertiary/aromatic N) is 3. The monoisotopic (exact) mass is 311 g/mol. The topological polar surface area (TPSA) is 47.4 Å². The van der Waals surface area contributed by atoms with Gasteiger partial charge in [-0.25, -0.2) is 4.98 Å². The third kappa shape index (κ3) is 3.95. The largest absolute Gasteiger partial charge is 0.497 e. The fourth-order valence-corrected chi connectivity index (χ4v) is 2.25. The average molecular weight is 312 g/mol. The molecule has 0 fully saturated rings. The molecule has 0 amide bonds. The molecule has 2 aromatic rings. The van der Waals surface area contributed by atoms with Crippen LogP contribution in [0.3, 0.4) is 0 Å². The van der Waals surface area contributed by atoms with Crippen molar-refractivity contribution in [2.45, 2.75) is 19.9 Å². The molecule has 0 unspecified atom stereocenters. The van der Waals surface area contributed by atoms with E-state index in [0.29, 0.717) is 12.2 Å². The number of halogens is 1. The predicted octanol–water partition coefficient (Wildman–Crippen LogP) is 2.09. The van der Waals surface area contributed by atoms with Gasteiger partial charge in [-0.15, -0.1) is 12.4 Å². The summed E-state index contributed by atoms with van der Waals surface area (Å²) in [7, 11) is 5.69. The molecule has 0 radical (unpaired) electrons. The van der Waals surface area contributed by atoms with Crippen LogP contribution in [0.5, 0.6) is 5.75 Å². The van der Waals surface area contributed by atoms with Crippen LogP contribution < -0.4 is 10.3 Å². The molecule has 1 aromatic carbocycles. The van der Waals surface area contributed by atoms with Gasteiger partial charge in [-0.1, -0.05) is 0 Å². The molecule has 1 aromatic heterocycles. The molecule has 21 heavy (non-hydrogen) atoms. The average Bonchev–Trinajstić information content (AvgIpc) is 2.42. The number of hydrogen-bond donors (Lipinski definition) is 0. The van der Waals surface area contributed by atoms with Crippen LogP contribution in [-0.4, -0.2) is 42.2 Å². The van der Waals surface area contributed by atoms with Gasteiger partial charge in [0.25, 0.3) is 5.56 Å². The molecule has 0 saturated carbocycles. The molecule has 0 saturated heterocycles. The lowest BCUT2D eigenvalue weighted by Gasteiger charge is -2.14. The van der Waals surface area contributed by atoms with Crippen molar-refractivity contribution in [3.8, 4) is 5.75 Å². The summed E-state index contributed by atoms with van der Waals surface area (Å²) in [6.45, 7) is 3.40. The van der Waals surface area contributed by atoms with E-state index in [1.54, 1.807) is 18.6 Å². The van der Waals surface area contributed by atoms with E-state index < -0.39 is 0 Å². The van der Waals surface area contributed by atoms with Crippen LogP contribution in [0.4, 0.5) is 0 Å². The van der Waals surface area contributed by atoms with Gasteiger partial charge in [-0.05, 0) is 46.1 Å². The number of rotatable bonds is 5. The predicted molar refractivity (Wildman–Crippen MR) is 87.7 cm³/mol. The Morgan fingerprint density at radius 1 is 1.33 bits per heavy atom. The molecule has 2 rings (SSSR count). The second-order valence-electron chi connectivity index (χ2n) is 5.17. The van der Waals surface area contributed by atoms with Gasteiger partial charge >= 0.3 is 0 Å². The summed E-state index contributed by atoms with van der Waals surface area (Å²) in [4.78, 5) is 18.7. The van der Waals surface area contributed by atoms with Crippen molar-refractivity contribution in [1.29, 1.82) is 0 Å². The number of methoxy groups -OCH3 is 1. The van der Waals surface area contributed by atoms with Crippen LogP contribution in [0.25, 0.3) is 11.0 Å². The summed E-state index contributed by atoms with van der Waals surface area (Å²) < 4.78 is 7.02. The molecule has 1 heterocycles. The molecule has 0 bridgehead atoms. The van der Waals surface area contributed by atoms with E-state index in [0.717, 1.165) is 29.7 Å². The number of aryl methyl sites for hydroxylation is 2. The highest BCUT2D eigenvalue weighted by Gasteiger charge is 2.09. The van der Waals surface area contributed by atoms with Gasteiger partial charge in [-0.2, -0.15) is 0 Å². The fraction of sp³-hybridized carbons (Fsp3) is 0.467. The van der Waals surface area contributed by atoms with Gasteiger partial charge in [0.2, 0.25) is 0 Å². The van der Waals surface area contributed by atoms with Crippen LogP contribution in [0.2, 0.25) is 0 Å². The standard InChI is InChI=1S/C15H21N3O2.ClH/c1-11-15(19)18(9-5-8-17(2)3)14-7-6-12(20-4)10-13(14)16-11;/h6-7,10H,5,8-9H2,1-4H3;1H. The van der Waals surface area contributed by atoms with E-state index >= 15 is 0 Å². The maximum atomic E-state index is 12.3. The summed E-state index contributed by atoms with van der Waals surface area (Å²) in [5.74, 6) is 0.753. The molecule has 0 N–H and O–H groups in total. The molecule has 0 aliphatic rings. The van der Waals surface area contributed by atoms with Crippen LogP contribution in [0.15, 0.2) is 23.0 Å². The maximum absolute atomic E-state index is 12.3. The third-order valence-electron chi connectivity index (χ3n) is 3.30. The number of aromatic nitrogens is 2. The highest BCUT2D eigenvalue weighted by atomic mass is 35.5. The summed E-state index contributed by atoms with van der Waals surface area (Å²) in [5.41, 5.74) is 2.17. The van der Waals surface area contributed by atoms with Crippen molar-refractivity contribution in [3.63, 3.8) is 0 Å². The quantitative estimate of drug-likeness (QED) is 0.848. The molecule has 116 valence electrons.